The predicted molar refractivity (Wildman–Crippen MR) is 108 cm³/mol. The van der Waals surface area contributed by atoms with E-state index >= 15 is 0 Å². The van der Waals surface area contributed by atoms with E-state index in [1.54, 1.807) is 0 Å². The Labute approximate surface area is 166 Å². The second-order valence-electron chi connectivity index (χ2n) is 8.38. The molecule has 0 bridgehead atoms. The van der Waals surface area contributed by atoms with Crippen molar-refractivity contribution in [3.05, 3.63) is 53.3 Å². The number of anilines is 1. The van der Waals surface area contributed by atoms with Gasteiger partial charge in [0.1, 0.15) is 5.78 Å². The first-order chi connectivity index (χ1) is 13.7. The third-order valence-electron chi connectivity index (χ3n) is 7.09. The van der Waals surface area contributed by atoms with Crippen LogP contribution >= 0.6 is 0 Å². The van der Waals surface area contributed by atoms with E-state index in [1.807, 2.05) is 6.20 Å². The maximum atomic E-state index is 12.6. The third-order valence-corrected chi connectivity index (χ3v) is 7.09. The normalized spacial score (nSPS) is 29.9. The minimum Gasteiger partial charge on any atom is -0.378 e. The molecule has 5 nitrogen and oxygen atoms in total. The van der Waals surface area contributed by atoms with Gasteiger partial charge >= 0.3 is 0 Å². The van der Waals surface area contributed by atoms with E-state index < -0.39 is 0 Å². The van der Waals surface area contributed by atoms with Crippen LogP contribution in [-0.4, -0.2) is 42.1 Å². The molecule has 0 radical (unpaired) electrons. The zero-order chi connectivity index (χ0) is 19.1. The second kappa shape index (κ2) is 6.96. The van der Waals surface area contributed by atoms with Crippen molar-refractivity contribution in [1.82, 2.24) is 9.97 Å². The summed E-state index contributed by atoms with van der Waals surface area (Å²) in [4.78, 5) is 24.7. The number of ether oxygens (including phenoxy) is 1. The lowest BCUT2D eigenvalue weighted by Crippen LogP contribution is -2.50. The summed E-state index contributed by atoms with van der Waals surface area (Å²) in [6.45, 7) is 5.22. The monoisotopic (exact) mass is 377 g/mol. The Balaban J connectivity index is 1.67. The molecule has 2 heterocycles. The molecule has 1 aliphatic heterocycles. The van der Waals surface area contributed by atoms with Crippen LogP contribution in [0.15, 0.2) is 36.5 Å². The molecule has 1 saturated heterocycles. The van der Waals surface area contributed by atoms with Crippen molar-refractivity contribution >= 4 is 11.7 Å². The van der Waals surface area contributed by atoms with Crippen molar-refractivity contribution in [3.63, 3.8) is 0 Å². The van der Waals surface area contributed by atoms with Gasteiger partial charge in [0.15, 0.2) is 0 Å². The number of hydrogen-bond acceptors (Lipinski definition) is 5. The van der Waals surface area contributed by atoms with Crippen LogP contribution in [0.2, 0.25) is 0 Å². The molecule has 2 aliphatic carbocycles. The first kappa shape index (κ1) is 17.8. The number of aryl methyl sites for hydroxylation is 1. The minimum atomic E-state index is -0.188. The molecule has 1 saturated carbocycles. The van der Waals surface area contributed by atoms with Crippen molar-refractivity contribution in [2.45, 2.75) is 38.0 Å². The number of carbonyl (C=O) groups excluding carboxylic acids is 1. The van der Waals surface area contributed by atoms with Crippen LogP contribution in [0, 0.1) is 11.8 Å². The van der Waals surface area contributed by atoms with Gasteiger partial charge in [0, 0.05) is 37.0 Å². The number of nitrogens with zero attached hydrogens (tertiary/aromatic N) is 3. The van der Waals surface area contributed by atoms with Crippen LogP contribution in [0.5, 0.6) is 0 Å². The van der Waals surface area contributed by atoms with E-state index in [2.05, 4.69) is 42.2 Å². The summed E-state index contributed by atoms with van der Waals surface area (Å²) in [5.74, 6) is 1.59. The maximum absolute atomic E-state index is 12.6. The number of Topliss-reactive ketones (excluding diaryl/α,β-unsaturated/α-hetero) is 1. The highest BCUT2D eigenvalue weighted by molar-refractivity contribution is 5.83. The van der Waals surface area contributed by atoms with Gasteiger partial charge < -0.3 is 9.64 Å². The van der Waals surface area contributed by atoms with Crippen molar-refractivity contribution in [2.75, 3.05) is 31.2 Å². The molecular weight excluding hydrogens is 350 g/mol. The van der Waals surface area contributed by atoms with E-state index in [9.17, 15) is 4.79 Å². The fourth-order valence-electron chi connectivity index (χ4n) is 5.60. The fourth-order valence-corrected chi connectivity index (χ4v) is 5.60. The van der Waals surface area contributed by atoms with E-state index in [0.29, 0.717) is 18.1 Å². The van der Waals surface area contributed by atoms with Gasteiger partial charge in [0.05, 0.1) is 18.9 Å². The molecule has 0 spiro atoms. The van der Waals surface area contributed by atoms with Crippen LogP contribution in [0.4, 0.5) is 5.95 Å². The Morgan fingerprint density at radius 2 is 1.93 bits per heavy atom. The van der Waals surface area contributed by atoms with Gasteiger partial charge in [-0.3, -0.25) is 4.79 Å². The van der Waals surface area contributed by atoms with Crippen molar-refractivity contribution in [1.29, 1.82) is 0 Å². The second-order valence-corrected chi connectivity index (χ2v) is 8.38. The predicted octanol–water partition coefficient (Wildman–Crippen LogP) is 3.16. The number of benzene rings is 1. The van der Waals surface area contributed by atoms with Gasteiger partial charge in [-0.25, -0.2) is 9.97 Å². The summed E-state index contributed by atoms with van der Waals surface area (Å²) in [5.41, 5.74) is 3.52. The van der Waals surface area contributed by atoms with Crippen LogP contribution in [0.1, 0.15) is 43.0 Å². The number of aromatic nitrogens is 2. The molecule has 28 heavy (non-hydrogen) atoms. The molecule has 0 N–H and O–H groups in total. The smallest absolute Gasteiger partial charge is 0.225 e. The number of fused-ring (bicyclic) bond motifs is 3. The maximum Gasteiger partial charge on any atom is 0.225 e. The van der Waals surface area contributed by atoms with Gasteiger partial charge in [-0.05, 0) is 36.3 Å². The van der Waals surface area contributed by atoms with E-state index in [1.165, 1.54) is 11.1 Å². The molecule has 2 aromatic rings. The molecule has 1 aromatic heterocycles. The SMILES string of the molecule is C[C@@H]1C(=O)CC[C@]2(c3ccccc3)c3nc(N4CCOCC4)ncc3CC[C@@H]12. The van der Waals surface area contributed by atoms with Gasteiger partial charge in [0.2, 0.25) is 5.95 Å². The molecule has 1 aromatic carbocycles. The Bertz CT molecular complexity index is 879. The van der Waals surface area contributed by atoms with Crippen LogP contribution in [0.25, 0.3) is 0 Å². The minimum absolute atomic E-state index is 0.0731. The average molecular weight is 377 g/mol. The lowest BCUT2D eigenvalue weighted by Gasteiger charge is -2.50. The average Bonchev–Trinajstić information content (AvgIpc) is 2.77. The number of morpholine rings is 1. The van der Waals surface area contributed by atoms with Gasteiger partial charge in [0.25, 0.3) is 0 Å². The van der Waals surface area contributed by atoms with Gasteiger partial charge in [-0.1, -0.05) is 37.3 Å². The highest BCUT2D eigenvalue weighted by Crippen LogP contribution is 2.54. The van der Waals surface area contributed by atoms with Crippen LogP contribution in [0.3, 0.4) is 0 Å². The Hall–Kier alpha value is -2.27. The summed E-state index contributed by atoms with van der Waals surface area (Å²) < 4.78 is 5.50. The van der Waals surface area contributed by atoms with Crippen molar-refractivity contribution in [2.24, 2.45) is 11.8 Å². The molecule has 3 atom stereocenters. The molecule has 0 unspecified atom stereocenters. The largest absolute Gasteiger partial charge is 0.378 e. The topological polar surface area (TPSA) is 55.3 Å². The van der Waals surface area contributed by atoms with Crippen LogP contribution < -0.4 is 4.90 Å². The Morgan fingerprint density at radius 1 is 1.14 bits per heavy atom. The van der Waals surface area contributed by atoms with E-state index in [0.717, 1.165) is 57.2 Å². The lowest BCUT2D eigenvalue weighted by atomic mass is 9.53. The molecule has 5 heteroatoms. The zero-order valence-corrected chi connectivity index (χ0v) is 16.4. The van der Waals surface area contributed by atoms with E-state index in [-0.39, 0.29) is 11.3 Å². The molecule has 3 aliphatic rings. The molecule has 0 amide bonds. The first-order valence-electron chi connectivity index (χ1n) is 10.5. The summed E-state index contributed by atoms with van der Waals surface area (Å²) in [5, 5.41) is 0. The first-order valence-corrected chi connectivity index (χ1v) is 10.5. The molecule has 5 rings (SSSR count). The number of rotatable bonds is 2. The standard InChI is InChI=1S/C23H27N3O2/c1-16-19-8-7-17-15-24-22(26-11-13-28-14-12-26)25-21(17)23(19,10-9-20(16)27)18-5-3-2-4-6-18/h2-6,15-16,19H,7-14H2,1H3/t16-,19-,23+/m0/s1. The lowest BCUT2D eigenvalue weighted by molar-refractivity contribution is -0.128. The highest BCUT2D eigenvalue weighted by Gasteiger charge is 2.53. The summed E-state index contributed by atoms with van der Waals surface area (Å²) in [6.07, 6.45) is 5.49. The van der Waals surface area contributed by atoms with Gasteiger partial charge in [-0.15, -0.1) is 0 Å². The van der Waals surface area contributed by atoms with Gasteiger partial charge in [-0.2, -0.15) is 0 Å². The third kappa shape index (κ3) is 2.67. The Morgan fingerprint density at radius 3 is 2.71 bits per heavy atom. The molecule has 146 valence electrons. The Kier molecular flexibility index (Phi) is 4.43. The van der Waals surface area contributed by atoms with Crippen LogP contribution in [-0.2, 0) is 21.4 Å². The number of ketones is 1. The summed E-state index contributed by atoms with van der Waals surface area (Å²) >= 11 is 0. The summed E-state index contributed by atoms with van der Waals surface area (Å²) in [7, 11) is 0. The highest BCUT2D eigenvalue weighted by atomic mass is 16.5. The zero-order valence-electron chi connectivity index (χ0n) is 16.4. The molecular formula is C23H27N3O2. The number of hydrogen-bond donors (Lipinski definition) is 0. The fraction of sp³-hybridized carbons (Fsp3) is 0.522. The van der Waals surface area contributed by atoms with E-state index in [4.69, 9.17) is 14.7 Å². The number of carbonyl (C=O) groups is 1. The van der Waals surface area contributed by atoms with Crippen molar-refractivity contribution < 1.29 is 9.53 Å². The molecule has 2 fully saturated rings. The van der Waals surface area contributed by atoms with Crippen molar-refractivity contribution in [3.8, 4) is 0 Å². The quantitative estimate of drug-likeness (QED) is 0.805. The summed E-state index contributed by atoms with van der Waals surface area (Å²) in [6, 6.07) is 10.7.